The summed E-state index contributed by atoms with van der Waals surface area (Å²) >= 11 is 0. The number of carbonyl (C=O) groups is 2. The van der Waals surface area contributed by atoms with Crippen molar-refractivity contribution >= 4 is 12.3 Å². The Hall–Kier alpha value is -1.32. The summed E-state index contributed by atoms with van der Waals surface area (Å²) in [6.45, 7) is 0. The molecule has 1 aliphatic heterocycles. The van der Waals surface area contributed by atoms with Crippen molar-refractivity contribution in [3.63, 3.8) is 0 Å². The highest BCUT2D eigenvalue weighted by atomic mass is 16.7. The second kappa shape index (κ2) is 4.04. The van der Waals surface area contributed by atoms with Gasteiger partial charge in [0.2, 0.25) is 0 Å². The van der Waals surface area contributed by atoms with Crippen LogP contribution in [-0.2, 0) is 19.1 Å². The summed E-state index contributed by atoms with van der Waals surface area (Å²) in [7, 11) is 0. The first-order valence-electron chi connectivity index (χ1n) is 5.30. The lowest BCUT2D eigenvalue weighted by atomic mass is 9.93. The summed E-state index contributed by atoms with van der Waals surface area (Å²) in [5.74, 6) is -1.14. The molecule has 0 radical (unpaired) electrons. The summed E-state index contributed by atoms with van der Waals surface area (Å²) in [5, 5.41) is 0. The van der Waals surface area contributed by atoms with Gasteiger partial charge >= 0.3 is 5.97 Å². The van der Waals surface area contributed by atoms with E-state index in [1.54, 1.807) is 0 Å². The van der Waals surface area contributed by atoms with Gasteiger partial charge in [0.25, 0.3) is 5.79 Å². The summed E-state index contributed by atoms with van der Waals surface area (Å²) in [4.78, 5) is 21.8. The molecule has 1 aliphatic carbocycles. The van der Waals surface area contributed by atoms with E-state index in [4.69, 9.17) is 9.47 Å². The minimum absolute atomic E-state index is 0.0644. The van der Waals surface area contributed by atoms with E-state index >= 15 is 0 Å². The predicted molar refractivity (Wildman–Crippen MR) is 51.8 cm³/mol. The minimum atomic E-state index is -0.734. The van der Waals surface area contributed by atoms with Crippen LogP contribution in [-0.4, -0.2) is 18.0 Å². The van der Waals surface area contributed by atoms with E-state index in [0.717, 1.165) is 32.1 Å². The van der Waals surface area contributed by atoms with Crippen LogP contribution in [0.1, 0.15) is 38.5 Å². The van der Waals surface area contributed by atoms with Crippen LogP contribution in [0.15, 0.2) is 11.8 Å². The van der Waals surface area contributed by atoms with Crippen LogP contribution >= 0.6 is 0 Å². The van der Waals surface area contributed by atoms with Crippen LogP contribution in [0.3, 0.4) is 0 Å². The first-order valence-corrected chi connectivity index (χ1v) is 5.30. The zero-order chi connectivity index (χ0) is 10.7. The number of ether oxygens (including phenoxy) is 2. The Bertz CT molecular complexity index is 300. The van der Waals surface area contributed by atoms with E-state index in [1.807, 2.05) is 0 Å². The highest BCUT2D eigenvalue weighted by molar-refractivity contribution is 5.91. The average Bonchev–Trinajstić information content (AvgIpc) is 2.24. The zero-order valence-electron chi connectivity index (χ0n) is 8.53. The maximum atomic E-state index is 11.5. The molecular formula is C11H14O4. The van der Waals surface area contributed by atoms with E-state index in [-0.39, 0.29) is 6.42 Å². The molecule has 2 rings (SSSR count). The van der Waals surface area contributed by atoms with Crippen molar-refractivity contribution in [3.05, 3.63) is 11.8 Å². The van der Waals surface area contributed by atoms with Gasteiger partial charge in [0.1, 0.15) is 6.29 Å². The summed E-state index contributed by atoms with van der Waals surface area (Å²) in [6, 6.07) is 0. The number of hydrogen-bond donors (Lipinski definition) is 0. The fourth-order valence-electron chi connectivity index (χ4n) is 2.02. The van der Waals surface area contributed by atoms with Gasteiger partial charge in [-0.3, -0.25) is 0 Å². The number of carbonyl (C=O) groups excluding carboxylic acids is 2. The smallest absolute Gasteiger partial charge is 0.340 e. The molecule has 0 aromatic carbocycles. The van der Waals surface area contributed by atoms with Crippen molar-refractivity contribution < 1.29 is 19.1 Å². The summed E-state index contributed by atoms with van der Waals surface area (Å²) in [5.41, 5.74) is 0.307. The van der Waals surface area contributed by atoms with Crippen molar-refractivity contribution in [2.24, 2.45) is 0 Å². The molecule has 0 bridgehead atoms. The van der Waals surface area contributed by atoms with Crippen LogP contribution in [0.2, 0.25) is 0 Å². The van der Waals surface area contributed by atoms with Gasteiger partial charge < -0.3 is 14.3 Å². The molecule has 0 atom stereocenters. The van der Waals surface area contributed by atoms with Gasteiger partial charge in [0, 0.05) is 19.3 Å². The van der Waals surface area contributed by atoms with Gasteiger partial charge in [-0.1, -0.05) is 6.42 Å². The topological polar surface area (TPSA) is 52.6 Å². The maximum absolute atomic E-state index is 11.5. The third kappa shape index (κ3) is 2.03. The molecule has 15 heavy (non-hydrogen) atoms. The number of esters is 1. The lowest BCUT2D eigenvalue weighted by Gasteiger charge is -2.38. The molecule has 1 spiro atoms. The number of hydrogen-bond acceptors (Lipinski definition) is 4. The zero-order valence-corrected chi connectivity index (χ0v) is 8.53. The Morgan fingerprint density at radius 3 is 2.67 bits per heavy atom. The third-order valence-electron chi connectivity index (χ3n) is 2.88. The van der Waals surface area contributed by atoms with Gasteiger partial charge in [-0.2, -0.15) is 0 Å². The largest absolute Gasteiger partial charge is 0.459 e. The summed E-state index contributed by atoms with van der Waals surface area (Å²) < 4.78 is 10.8. The lowest BCUT2D eigenvalue weighted by molar-refractivity contribution is -0.228. The number of aldehydes is 1. The molecule has 82 valence electrons. The normalized spacial score (nSPS) is 24.0. The Kier molecular flexibility index (Phi) is 2.75. The molecule has 1 saturated carbocycles. The van der Waals surface area contributed by atoms with E-state index in [2.05, 4.69) is 0 Å². The van der Waals surface area contributed by atoms with E-state index < -0.39 is 11.8 Å². The highest BCUT2D eigenvalue weighted by Gasteiger charge is 2.40. The van der Waals surface area contributed by atoms with Gasteiger partial charge in [0.05, 0.1) is 11.8 Å². The molecule has 0 N–H and O–H groups in total. The Labute approximate surface area is 88.2 Å². The van der Waals surface area contributed by atoms with Gasteiger partial charge in [-0.15, -0.1) is 0 Å². The van der Waals surface area contributed by atoms with E-state index in [9.17, 15) is 9.59 Å². The molecule has 0 aromatic heterocycles. The Morgan fingerprint density at radius 2 is 2.07 bits per heavy atom. The molecule has 0 unspecified atom stereocenters. The van der Waals surface area contributed by atoms with Crippen molar-refractivity contribution in [3.8, 4) is 0 Å². The number of rotatable bonds is 2. The van der Waals surface area contributed by atoms with Gasteiger partial charge in [-0.25, -0.2) is 4.79 Å². The standard InChI is InChI=1S/C11H14O4/c12-7-4-9-8-14-11(15-10(9)13)5-2-1-3-6-11/h7-8H,1-6H2. The second-order valence-electron chi connectivity index (χ2n) is 3.99. The molecule has 0 aromatic rings. The van der Waals surface area contributed by atoms with E-state index in [1.165, 1.54) is 6.26 Å². The van der Waals surface area contributed by atoms with Crippen LogP contribution in [0.4, 0.5) is 0 Å². The van der Waals surface area contributed by atoms with Crippen LogP contribution in [0.25, 0.3) is 0 Å². The molecule has 4 nitrogen and oxygen atoms in total. The van der Waals surface area contributed by atoms with Crippen LogP contribution < -0.4 is 0 Å². The molecule has 0 amide bonds. The fraction of sp³-hybridized carbons (Fsp3) is 0.636. The van der Waals surface area contributed by atoms with Gasteiger partial charge in [-0.05, 0) is 12.8 Å². The van der Waals surface area contributed by atoms with Crippen molar-refractivity contribution in [2.75, 3.05) is 0 Å². The second-order valence-corrected chi connectivity index (χ2v) is 3.99. The summed E-state index contributed by atoms with van der Waals surface area (Å²) in [6.07, 6.45) is 6.84. The SMILES string of the molecule is O=CCC1=COC2(CCCCC2)OC1=O. The maximum Gasteiger partial charge on any atom is 0.340 e. The minimum Gasteiger partial charge on any atom is -0.459 e. The third-order valence-corrected chi connectivity index (χ3v) is 2.88. The fourth-order valence-corrected chi connectivity index (χ4v) is 2.02. The lowest BCUT2D eigenvalue weighted by Crippen LogP contribution is -2.42. The monoisotopic (exact) mass is 210 g/mol. The molecule has 4 heteroatoms. The Balaban J connectivity index is 2.09. The highest BCUT2D eigenvalue weighted by Crippen LogP contribution is 2.36. The molecule has 0 saturated heterocycles. The van der Waals surface area contributed by atoms with Crippen LogP contribution in [0, 0.1) is 0 Å². The van der Waals surface area contributed by atoms with Crippen molar-refractivity contribution in [1.29, 1.82) is 0 Å². The van der Waals surface area contributed by atoms with Crippen molar-refractivity contribution in [2.45, 2.75) is 44.3 Å². The quantitative estimate of drug-likeness (QED) is 0.514. The Morgan fingerprint density at radius 1 is 1.33 bits per heavy atom. The first-order chi connectivity index (χ1) is 7.26. The molecule has 1 fully saturated rings. The first kappa shape index (κ1) is 10.2. The van der Waals surface area contributed by atoms with Gasteiger partial charge in [0.15, 0.2) is 0 Å². The predicted octanol–water partition coefficient (Wildman–Crippen LogP) is 1.69. The van der Waals surface area contributed by atoms with E-state index in [0.29, 0.717) is 11.9 Å². The molecule has 2 aliphatic rings. The molecular weight excluding hydrogens is 196 g/mol. The average molecular weight is 210 g/mol. The molecule has 1 heterocycles. The van der Waals surface area contributed by atoms with Crippen LogP contribution in [0.5, 0.6) is 0 Å². The van der Waals surface area contributed by atoms with Crippen molar-refractivity contribution in [1.82, 2.24) is 0 Å².